The van der Waals surface area contributed by atoms with Gasteiger partial charge in [-0.15, -0.1) is 28.5 Å². The summed E-state index contributed by atoms with van der Waals surface area (Å²) in [6.45, 7) is 0. The van der Waals surface area contributed by atoms with Gasteiger partial charge in [0, 0.05) is 17.2 Å². The molecule has 2 amide bonds. The predicted molar refractivity (Wildman–Crippen MR) is 93.9 cm³/mol. The van der Waals surface area contributed by atoms with Gasteiger partial charge in [0.05, 0.1) is 17.5 Å². The van der Waals surface area contributed by atoms with Crippen LogP contribution in [0.2, 0.25) is 0 Å². The first kappa shape index (κ1) is 16.8. The second kappa shape index (κ2) is 6.84. The van der Waals surface area contributed by atoms with Crippen LogP contribution in [-0.2, 0) is 4.79 Å². The highest BCUT2D eigenvalue weighted by Crippen LogP contribution is 2.40. The van der Waals surface area contributed by atoms with Gasteiger partial charge in [-0.25, -0.2) is 5.84 Å². The van der Waals surface area contributed by atoms with Gasteiger partial charge in [0.2, 0.25) is 5.91 Å². The number of benzene rings is 1. The third kappa shape index (κ3) is 3.00. The molecule has 1 fully saturated rings. The molecule has 2 heterocycles. The average molecular weight is 366 g/mol. The van der Waals surface area contributed by atoms with Crippen LogP contribution in [0.15, 0.2) is 46.7 Å². The number of thioether (sulfide) groups is 1. The van der Waals surface area contributed by atoms with Crippen molar-refractivity contribution in [3.63, 3.8) is 0 Å². The molecule has 9 heteroatoms. The number of rotatable bonds is 4. The number of carbonyl (C=O) groups excluding carboxylic acids is 2. The summed E-state index contributed by atoms with van der Waals surface area (Å²) in [4.78, 5) is 25.7. The van der Waals surface area contributed by atoms with Gasteiger partial charge in [-0.3, -0.25) is 14.5 Å². The number of carbonyl (C=O) groups is 2. The van der Waals surface area contributed by atoms with E-state index in [4.69, 9.17) is 23.2 Å². The number of hydrogen-bond acceptors (Lipinski definition) is 5. The van der Waals surface area contributed by atoms with E-state index < -0.39 is 5.91 Å². The number of alkyl halides is 1. The van der Waals surface area contributed by atoms with E-state index in [1.54, 1.807) is 47.0 Å². The smallest absolute Gasteiger partial charge is 0.288 e. The number of amidine groups is 1. The molecule has 0 radical (unpaired) electrons. The zero-order valence-corrected chi connectivity index (χ0v) is 14.3. The minimum Gasteiger partial charge on any atom is -0.380 e. The van der Waals surface area contributed by atoms with Crippen LogP contribution in [-0.4, -0.2) is 44.7 Å². The van der Waals surface area contributed by atoms with E-state index in [2.05, 4.69) is 5.10 Å². The fourth-order valence-electron chi connectivity index (χ4n) is 2.55. The molecule has 1 aromatic carbocycles. The molecular weight excluding hydrogens is 350 g/mol. The normalized spacial score (nSPS) is 20.6. The first-order chi connectivity index (χ1) is 11.5. The maximum atomic E-state index is 12.2. The molecule has 1 atom stereocenters. The Morgan fingerprint density at radius 3 is 2.75 bits per heavy atom. The lowest BCUT2D eigenvalue weighted by atomic mass is 10.1. The van der Waals surface area contributed by atoms with Crippen LogP contribution in [0.25, 0.3) is 0 Å². The molecule has 0 unspecified atom stereocenters. The minimum absolute atomic E-state index is 0.00998. The molecule has 0 saturated carbocycles. The van der Waals surface area contributed by atoms with Crippen molar-refractivity contribution in [1.29, 1.82) is 0 Å². The van der Waals surface area contributed by atoms with Gasteiger partial charge in [-0.05, 0) is 17.7 Å². The molecule has 3 rings (SSSR count). The van der Waals surface area contributed by atoms with Crippen molar-refractivity contribution in [2.75, 3.05) is 11.6 Å². The number of fused-ring (bicyclic) bond motifs is 1. The van der Waals surface area contributed by atoms with Crippen molar-refractivity contribution in [3.05, 3.63) is 47.2 Å². The summed E-state index contributed by atoms with van der Waals surface area (Å²) in [5.74, 6) is 6.10. The van der Waals surface area contributed by atoms with Crippen LogP contribution in [0, 0.1) is 0 Å². The zero-order chi connectivity index (χ0) is 17.3. The number of nitrogens with zero attached hydrogens (tertiary/aromatic N) is 3. The molecule has 0 aliphatic carbocycles. The monoisotopic (exact) mass is 365 g/mol. The molecule has 0 bridgehead atoms. The van der Waals surface area contributed by atoms with Crippen LogP contribution in [0.5, 0.6) is 0 Å². The Balaban J connectivity index is 1.87. The first-order valence-electron chi connectivity index (χ1n) is 7.23. The molecule has 1 saturated heterocycles. The van der Waals surface area contributed by atoms with Crippen LogP contribution < -0.4 is 11.6 Å². The van der Waals surface area contributed by atoms with Crippen LogP contribution in [0.1, 0.15) is 16.8 Å². The lowest BCUT2D eigenvalue weighted by Gasteiger charge is -2.45. The highest BCUT2D eigenvalue weighted by atomic mass is 35.5. The highest BCUT2D eigenvalue weighted by molar-refractivity contribution is 8.00. The summed E-state index contributed by atoms with van der Waals surface area (Å²) in [6.07, 6.45) is 0.465. The molecule has 24 heavy (non-hydrogen) atoms. The van der Waals surface area contributed by atoms with Crippen molar-refractivity contribution >= 4 is 41.0 Å². The summed E-state index contributed by atoms with van der Waals surface area (Å²) in [6, 6.07) is 8.50. The van der Waals surface area contributed by atoms with Gasteiger partial charge in [0.25, 0.3) is 5.91 Å². The summed E-state index contributed by atoms with van der Waals surface area (Å²) in [5.41, 5.74) is 7.70. The van der Waals surface area contributed by atoms with Crippen molar-refractivity contribution in [3.8, 4) is 0 Å². The predicted octanol–water partition coefficient (Wildman–Crippen LogP) is 1.07. The van der Waals surface area contributed by atoms with Gasteiger partial charge >= 0.3 is 0 Å². The number of hydrazone groups is 1. The minimum atomic E-state index is -0.497. The fourth-order valence-corrected chi connectivity index (χ4v) is 4.15. The van der Waals surface area contributed by atoms with E-state index in [0.717, 1.165) is 5.57 Å². The largest absolute Gasteiger partial charge is 0.380 e. The van der Waals surface area contributed by atoms with Crippen molar-refractivity contribution < 1.29 is 9.59 Å². The number of hydrogen-bond donors (Lipinski definition) is 2. The second-order valence-corrected chi connectivity index (χ2v) is 6.75. The van der Waals surface area contributed by atoms with Gasteiger partial charge in [0.15, 0.2) is 5.84 Å². The molecule has 0 aromatic heterocycles. The van der Waals surface area contributed by atoms with Crippen molar-refractivity contribution in [2.24, 2.45) is 16.7 Å². The second-order valence-electron chi connectivity index (χ2n) is 5.32. The first-order valence-corrected chi connectivity index (χ1v) is 8.81. The van der Waals surface area contributed by atoms with E-state index >= 15 is 0 Å². The average Bonchev–Trinajstić information content (AvgIpc) is 2.60. The van der Waals surface area contributed by atoms with Crippen molar-refractivity contribution in [1.82, 2.24) is 10.0 Å². The fraction of sp³-hybridized carbons (Fsp3) is 0.267. The maximum Gasteiger partial charge on any atom is 0.288 e. The summed E-state index contributed by atoms with van der Waals surface area (Å²) < 4.78 is 0. The Labute approximate surface area is 148 Å². The van der Waals surface area contributed by atoms with Gasteiger partial charge in [-0.2, -0.15) is 5.12 Å². The molecule has 0 spiro atoms. The molecular formula is C15H16ClN5O2S. The number of β-lactam (4-membered cyclic amide) rings is 1. The van der Waals surface area contributed by atoms with Crippen LogP contribution in [0.4, 0.5) is 0 Å². The van der Waals surface area contributed by atoms with E-state index in [0.29, 0.717) is 28.6 Å². The Morgan fingerprint density at radius 1 is 1.42 bits per heavy atom. The van der Waals surface area contributed by atoms with Gasteiger partial charge in [0.1, 0.15) is 0 Å². The molecule has 7 nitrogen and oxygen atoms in total. The van der Waals surface area contributed by atoms with E-state index in [9.17, 15) is 9.59 Å². The zero-order valence-electron chi connectivity index (χ0n) is 12.7. The van der Waals surface area contributed by atoms with Crippen molar-refractivity contribution in [2.45, 2.75) is 11.8 Å². The molecule has 1 aromatic rings. The van der Waals surface area contributed by atoms with E-state index in [1.165, 1.54) is 0 Å². The maximum absolute atomic E-state index is 12.2. The SMILES string of the molecule is N/C(=N\N(N)C(=O)c1ccccc1)C1=C(CCl)CS[C@@H]2CC(=O)N12. The molecule has 2 aliphatic rings. The number of nitrogens with two attached hydrogens (primary N) is 2. The molecule has 126 valence electrons. The summed E-state index contributed by atoms with van der Waals surface area (Å²) >= 11 is 7.60. The topological polar surface area (TPSA) is 105 Å². The van der Waals surface area contributed by atoms with Crippen LogP contribution in [0.3, 0.4) is 0 Å². The lowest BCUT2D eigenvalue weighted by molar-refractivity contribution is -0.138. The number of amides is 2. The Kier molecular flexibility index (Phi) is 4.79. The third-order valence-electron chi connectivity index (χ3n) is 3.78. The quantitative estimate of drug-likeness (QED) is 0.158. The molecule has 4 N–H and O–H groups in total. The Hall–Kier alpha value is -2.03. The lowest BCUT2D eigenvalue weighted by Crippen LogP contribution is -2.55. The number of halogens is 1. The third-order valence-corrected chi connectivity index (χ3v) is 5.38. The van der Waals surface area contributed by atoms with Gasteiger partial charge in [-0.1, -0.05) is 18.2 Å². The highest BCUT2D eigenvalue weighted by Gasteiger charge is 2.44. The summed E-state index contributed by atoms with van der Waals surface area (Å²) in [7, 11) is 0. The Bertz CT molecular complexity index is 737. The van der Waals surface area contributed by atoms with Crippen LogP contribution >= 0.6 is 23.4 Å². The molecule has 2 aliphatic heterocycles. The Morgan fingerprint density at radius 2 is 2.12 bits per heavy atom. The summed E-state index contributed by atoms with van der Waals surface area (Å²) in [5, 5.41) is 4.70. The number of hydrazine groups is 1. The van der Waals surface area contributed by atoms with Gasteiger partial charge < -0.3 is 5.73 Å². The standard InChI is InChI=1S/C15H16ClN5O2S/c16-7-10-8-24-12-6-11(22)20(12)13(10)14(17)19-21(18)15(23)9-4-2-1-3-5-9/h1-5,12H,6-8,18H2,(H2,17,19)/t12-/m1/s1. The van der Waals surface area contributed by atoms with E-state index in [1.807, 2.05) is 0 Å². The van der Waals surface area contributed by atoms with E-state index in [-0.39, 0.29) is 23.0 Å².